The molecule has 15 heavy (non-hydrogen) atoms. The number of hydrogen-bond acceptors (Lipinski definition) is 4. The van der Waals surface area contributed by atoms with Crippen LogP contribution in [0.1, 0.15) is 20.3 Å². The summed E-state index contributed by atoms with van der Waals surface area (Å²) in [5, 5.41) is 0. The topological polar surface area (TPSA) is 44.8 Å². The molecule has 0 N–H and O–H groups in total. The third kappa shape index (κ3) is 4.82. The van der Waals surface area contributed by atoms with Crippen molar-refractivity contribution in [2.45, 2.75) is 31.4 Å². The first-order valence-electron chi connectivity index (χ1n) is 4.68. The van der Waals surface area contributed by atoms with Crippen molar-refractivity contribution >= 4 is 17.6 Å². The third-order valence-electron chi connectivity index (χ3n) is 2.29. The van der Waals surface area contributed by atoms with E-state index in [1.807, 2.05) is 13.8 Å². The lowest BCUT2D eigenvalue weighted by atomic mass is 9.91. The van der Waals surface area contributed by atoms with Crippen molar-refractivity contribution in [2.75, 3.05) is 21.3 Å². The van der Waals surface area contributed by atoms with Gasteiger partial charge in [-0.2, -0.15) is 0 Å². The number of carbonyl (C=O) groups is 1. The molecule has 0 saturated carbocycles. The van der Waals surface area contributed by atoms with E-state index in [1.165, 1.54) is 21.3 Å². The molecule has 1 unspecified atom stereocenters. The van der Waals surface area contributed by atoms with Crippen molar-refractivity contribution in [1.29, 1.82) is 0 Å². The number of methoxy groups -OCH3 is 3. The van der Waals surface area contributed by atoms with Crippen LogP contribution in [-0.4, -0.2) is 38.5 Å². The average Bonchev–Trinajstić information content (AvgIpc) is 2.16. The molecule has 0 aliphatic rings. The number of alkyl halides is 1. The highest BCUT2D eigenvalue weighted by Crippen LogP contribution is 2.32. The first-order chi connectivity index (χ1) is 6.86. The number of hydrogen-bond donors (Lipinski definition) is 0. The van der Waals surface area contributed by atoms with E-state index in [1.54, 1.807) is 0 Å². The van der Waals surface area contributed by atoms with E-state index in [2.05, 4.69) is 4.74 Å². The summed E-state index contributed by atoms with van der Waals surface area (Å²) in [7, 11) is 4.37. The number of rotatable bonds is 6. The van der Waals surface area contributed by atoms with Gasteiger partial charge in [0.2, 0.25) is 0 Å². The van der Waals surface area contributed by atoms with Crippen LogP contribution in [-0.2, 0) is 19.0 Å². The van der Waals surface area contributed by atoms with E-state index in [9.17, 15) is 4.79 Å². The van der Waals surface area contributed by atoms with Crippen LogP contribution >= 0.6 is 11.6 Å². The Morgan fingerprint density at radius 1 is 1.27 bits per heavy atom. The smallest absolute Gasteiger partial charge is 0.306 e. The van der Waals surface area contributed by atoms with Crippen molar-refractivity contribution in [1.82, 2.24) is 0 Å². The van der Waals surface area contributed by atoms with E-state index in [0.717, 1.165) is 0 Å². The summed E-state index contributed by atoms with van der Waals surface area (Å²) in [6.07, 6.45) is -0.351. The fourth-order valence-corrected chi connectivity index (χ4v) is 1.53. The summed E-state index contributed by atoms with van der Waals surface area (Å²) in [6.45, 7) is 3.63. The molecule has 0 heterocycles. The second-order valence-electron chi connectivity index (χ2n) is 3.79. The van der Waals surface area contributed by atoms with Gasteiger partial charge in [0, 0.05) is 25.0 Å². The Labute approximate surface area is 95.8 Å². The molecular formula is C10H19ClO4. The first-order valence-corrected chi connectivity index (χ1v) is 5.06. The molecule has 5 heteroatoms. The number of carbonyl (C=O) groups excluding carboxylic acids is 1. The van der Waals surface area contributed by atoms with Gasteiger partial charge in [0.25, 0.3) is 0 Å². The fraction of sp³-hybridized carbons (Fsp3) is 0.900. The van der Waals surface area contributed by atoms with Crippen molar-refractivity contribution in [3.05, 3.63) is 0 Å². The van der Waals surface area contributed by atoms with E-state index in [4.69, 9.17) is 21.1 Å². The van der Waals surface area contributed by atoms with Crippen molar-refractivity contribution in [3.8, 4) is 0 Å². The van der Waals surface area contributed by atoms with Gasteiger partial charge in [0.05, 0.1) is 13.5 Å². The monoisotopic (exact) mass is 238 g/mol. The summed E-state index contributed by atoms with van der Waals surface area (Å²) in [5.74, 6) is -0.588. The lowest BCUT2D eigenvalue weighted by Crippen LogP contribution is -2.39. The lowest BCUT2D eigenvalue weighted by molar-refractivity contribution is -0.161. The molecule has 90 valence electrons. The van der Waals surface area contributed by atoms with Crippen LogP contribution in [0.5, 0.6) is 0 Å². The van der Waals surface area contributed by atoms with Gasteiger partial charge in [-0.15, -0.1) is 11.6 Å². The molecule has 0 fully saturated rings. The SMILES string of the molecule is COC(=O)CC(C(OC)OC)C(C)(C)Cl. The Bertz CT molecular complexity index is 196. The minimum Gasteiger partial charge on any atom is -0.469 e. The zero-order valence-electron chi connectivity index (χ0n) is 9.87. The van der Waals surface area contributed by atoms with E-state index >= 15 is 0 Å². The molecule has 4 nitrogen and oxygen atoms in total. The summed E-state index contributed by atoms with van der Waals surface area (Å²) in [5.41, 5.74) is 0. The molecule has 0 aliphatic carbocycles. The molecule has 0 aromatic carbocycles. The normalized spacial score (nSPS) is 14.1. The van der Waals surface area contributed by atoms with Crippen LogP contribution in [0, 0.1) is 5.92 Å². The number of ether oxygens (including phenoxy) is 3. The summed E-state index contributed by atoms with van der Waals surface area (Å²) in [4.78, 5) is 10.6. The molecule has 1 atom stereocenters. The van der Waals surface area contributed by atoms with Gasteiger partial charge in [-0.05, 0) is 13.8 Å². The maximum absolute atomic E-state index is 11.2. The predicted octanol–water partition coefficient (Wildman–Crippen LogP) is 1.80. The zero-order chi connectivity index (χ0) is 12.1. The van der Waals surface area contributed by atoms with Gasteiger partial charge in [0.1, 0.15) is 0 Å². The molecule has 0 saturated heterocycles. The third-order valence-corrected chi connectivity index (χ3v) is 2.57. The average molecular weight is 239 g/mol. The highest BCUT2D eigenvalue weighted by Gasteiger charge is 2.36. The largest absolute Gasteiger partial charge is 0.469 e. The van der Waals surface area contributed by atoms with Gasteiger partial charge < -0.3 is 14.2 Å². The van der Waals surface area contributed by atoms with Crippen LogP contribution in [0.25, 0.3) is 0 Å². The van der Waals surface area contributed by atoms with Crippen molar-refractivity contribution in [3.63, 3.8) is 0 Å². The molecule has 0 aromatic rings. The zero-order valence-corrected chi connectivity index (χ0v) is 10.6. The molecule has 0 rings (SSSR count). The Morgan fingerprint density at radius 3 is 2.00 bits per heavy atom. The van der Waals surface area contributed by atoms with Gasteiger partial charge in [-0.25, -0.2) is 0 Å². The standard InChI is InChI=1S/C10H19ClO4/c1-10(2,11)7(6-8(12)13-3)9(14-4)15-5/h7,9H,6H2,1-5H3. The molecule has 0 aromatic heterocycles. The highest BCUT2D eigenvalue weighted by molar-refractivity contribution is 6.23. The second-order valence-corrected chi connectivity index (χ2v) is 4.77. The second kappa shape index (κ2) is 6.30. The minimum atomic E-state index is -0.606. The highest BCUT2D eigenvalue weighted by atomic mass is 35.5. The van der Waals surface area contributed by atoms with Crippen LogP contribution < -0.4 is 0 Å². The predicted molar refractivity (Wildman–Crippen MR) is 57.9 cm³/mol. The van der Waals surface area contributed by atoms with E-state index in [-0.39, 0.29) is 18.3 Å². The van der Waals surface area contributed by atoms with Crippen molar-refractivity contribution < 1.29 is 19.0 Å². The molecule has 0 aliphatic heterocycles. The van der Waals surface area contributed by atoms with Crippen LogP contribution in [0.3, 0.4) is 0 Å². The Kier molecular flexibility index (Phi) is 6.17. The van der Waals surface area contributed by atoms with Gasteiger partial charge in [-0.3, -0.25) is 4.79 Å². The number of halogens is 1. The van der Waals surface area contributed by atoms with Crippen LogP contribution in [0.15, 0.2) is 0 Å². The maximum Gasteiger partial charge on any atom is 0.306 e. The van der Waals surface area contributed by atoms with Crippen molar-refractivity contribution in [2.24, 2.45) is 5.92 Å². The molecule has 0 amide bonds. The Morgan fingerprint density at radius 2 is 1.73 bits per heavy atom. The number of esters is 1. The van der Waals surface area contributed by atoms with E-state index < -0.39 is 11.2 Å². The van der Waals surface area contributed by atoms with Gasteiger partial charge in [0.15, 0.2) is 6.29 Å². The Hall–Kier alpha value is -0.320. The molecule has 0 spiro atoms. The summed E-state index contributed by atoms with van der Waals surface area (Å²) in [6, 6.07) is 0. The molecule has 0 radical (unpaired) electrons. The quantitative estimate of drug-likeness (QED) is 0.402. The fourth-order valence-electron chi connectivity index (χ4n) is 1.35. The summed E-state index contributed by atoms with van der Waals surface area (Å²) >= 11 is 6.18. The molecular weight excluding hydrogens is 220 g/mol. The Balaban J connectivity index is 4.65. The lowest BCUT2D eigenvalue weighted by Gasteiger charge is -2.32. The summed E-state index contributed by atoms with van der Waals surface area (Å²) < 4.78 is 14.8. The molecule has 0 bridgehead atoms. The van der Waals surface area contributed by atoms with Crippen LogP contribution in [0.2, 0.25) is 0 Å². The van der Waals surface area contributed by atoms with E-state index in [0.29, 0.717) is 0 Å². The minimum absolute atomic E-state index is 0.166. The maximum atomic E-state index is 11.2. The van der Waals surface area contributed by atoms with Crippen LogP contribution in [0.4, 0.5) is 0 Å². The van der Waals surface area contributed by atoms with Gasteiger partial charge in [-0.1, -0.05) is 0 Å². The van der Waals surface area contributed by atoms with Gasteiger partial charge >= 0.3 is 5.97 Å². The first kappa shape index (κ1) is 14.7.